The van der Waals surface area contributed by atoms with Crippen molar-refractivity contribution in [3.05, 3.63) is 83.4 Å². The Balaban J connectivity index is 1.45. The maximum absolute atomic E-state index is 12.5. The number of thioether (sulfide) groups is 1. The van der Waals surface area contributed by atoms with Crippen LogP contribution < -0.4 is 20.9 Å². The van der Waals surface area contributed by atoms with Crippen molar-refractivity contribution >= 4 is 52.3 Å². The first kappa shape index (κ1) is 26.5. The number of rotatable bonds is 8. The smallest absolute Gasteiger partial charge is 0.248 e. The third-order valence-corrected chi connectivity index (χ3v) is 6.48. The molecule has 1 amide bonds. The topological polar surface area (TPSA) is 93.1 Å². The van der Waals surface area contributed by atoms with E-state index in [2.05, 4.69) is 26.4 Å². The van der Waals surface area contributed by atoms with Crippen molar-refractivity contribution in [2.45, 2.75) is 19.0 Å². The first-order valence-corrected chi connectivity index (χ1v) is 13.2. The highest BCUT2D eigenvalue weighted by Gasteiger charge is 2.18. The second-order valence-electron chi connectivity index (χ2n) is 7.86. The molecule has 37 heavy (non-hydrogen) atoms. The normalized spacial score (nSPS) is 10.6. The number of carbonyl (C=O) groups excluding carboxylic acids is 1. The SMILES string of the molecule is CCOc1ccc(-n2c(SCC(=O)NNC(=S)Nc3ccc(C)cc3)nnc2-c2ccc(Cl)cc2)cc1. The molecule has 0 unspecified atom stereocenters. The summed E-state index contributed by atoms with van der Waals surface area (Å²) in [5.41, 5.74) is 8.98. The minimum Gasteiger partial charge on any atom is -0.494 e. The van der Waals surface area contributed by atoms with Crippen LogP contribution in [0.5, 0.6) is 5.75 Å². The van der Waals surface area contributed by atoms with Gasteiger partial charge in [0.25, 0.3) is 0 Å². The predicted octanol–water partition coefficient (Wildman–Crippen LogP) is 5.40. The van der Waals surface area contributed by atoms with Crippen molar-refractivity contribution in [2.24, 2.45) is 0 Å². The van der Waals surface area contributed by atoms with Crippen molar-refractivity contribution in [3.63, 3.8) is 0 Å². The van der Waals surface area contributed by atoms with Gasteiger partial charge in [-0.05, 0) is 86.7 Å². The standard InChI is InChI=1S/C26H25ClN6O2S2/c1-3-35-22-14-12-21(13-15-22)33-24(18-6-8-19(27)9-7-18)30-32-26(33)37-16-23(34)29-31-25(36)28-20-10-4-17(2)5-11-20/h4-15H,3,16H2,1-2H3,(H,29,34)(H2,28,31,36). The maximum atomic E-state index is 12.5. The molecule has 0 saturated carbocycles. The highest BCUT2D eigenvalue weighted by atomic mass is 35.5. The number of hydrogen-bond donors (Lipinski definition) is 3. The van der Waals surface area contributed by atoms with Gasteiger partial charge in [0, 0.05) is 22.0 Å². The lowest BCUT2D eigenvalue weighted by Gasteiger charge is -2.13. The van der Waals surface area contributed by atoms with Crippen LogP contribution in [0.4, 0.5) is 5.69 Å². The van der Waals surface area contributed by atoms with E-state index in [0.717, 1.165) is 28.3 Å². The van der Waals surface area contributed by atoms with E-state index >= 15 is 0 Å². The number of nitrogens with zero attached hydrogens (tertiary/aromatic N) is 3. The van der Waals surface area contributed by atoms with E-state index in [4.69, 9.17) is 28.6 Å². The number of aryl methyl sites for hydroxylation is 1. The zero-order chi connectivity index (χ0) is 26.2. The van der Waals surface area contributed by atoms with Gasteiger partial charge >= 0.3 is 0 Å². The van der Waals surface area contributed by atoms with Crippen LogP contribution in [-0.4, -0.2) is 38.1 Å². The molecule has 0 atom stereocenters. The number of aromatic nitrogens is 3. The van der Waals surface area contributed by atoms with Crippen LogP contribution in [0.3, 0.4) is 0 Å². The Labute approximate surface area is 229 Å². The number of anilines is 1. The average Bonchev–Trinajstić information content (AvgIpc) is 3.32. The van der Waals surface area contributed by atoms with Crippen LogP contribution in [0, 0.1) is 6.92 Å². The minimum atomic E-state index is -0.271. The quantitative estimate of drug-likeness (QED) is 0.152. The fourth-order valence-electron chi connectivity index (χ4n) is 3.33. The Morgan fingerprint density at radius 2 is 1.70 bits per heavy atom. The Morgan fingerprint density at radius 3 is 2.38 bits per heavy atom. The fraction of sp³-hybridized carbons (Fsp3) is 0.154. The van der Waals surface area contributed by atoms with E-state index in [0.29, 0.717) is 22.6 Å². The number of hydrazine groups is 1. The van der Waals surface area contributed by atoms with Crippen LogP contribution in [0.2, 0.25) is 5.02 Å². The molecule has 0 spiro atoms. The van der Waals surface area contributed by atoms with Gasteiger partial charge < -0.3 is 10.1 Å². The lowest BCUT2D eigenvalue weighted by molar-refractivity contribution is -0.119. The number of hydrogen-bond acceptors (Lipinski definition) is 6. The summed E-state index contributed by atoms with van der Waals surface area (Å²) in [5, 5.41) is 13.2. The summed E-state index contributed by atoms with van der Waals surface area (Å²) < 4.78 is 7.47. The van der Waals surface area contributed by atoms with E-state index in [1.54, 1.807) is 12.1 Å². The van der Waals surface area contributed by atoms with Crippen LogP contribution in [0.15, 0.2) is 78.0 Å². The van der Waals surface area contributed by atoms with Gasteiger partial charge in [-0.1, -0.05) is 41.1 Å². The lowest BCUT2D eigenvalue weighted by Crippen LogP contribution is -2.44. The number of amides is 1. The van der Waals surface area contributed by atoms with Crippen LogP contribution in [-0.2, 0) is 4.79 Å². The highest BCUT2D eigenvalue weighted by molar-refractivity contribution is 7.99. The van der Waals surface area contributed by atoms with Gasteiger partial charge in [0.05, 0.1) is 12.4 Å². The summed E-state index contributed by atoms with van der Waals surface area (Å²) in [5.74, 6) is 1.22. The molecule has 3 N–H and O–H groups in total. The average molecular weight is 553 g/mol. The minimum absolute atomic E-state index is 0.0932. The molecule has 0 saturated heterocycles. The molecule has 4 aromatic rings. The fourth-order valence-corrected chi connectivity index (χ4v) is 4.38. The van der Waals surface area contributed by atoms with Crippen molar-refractivity contribution < 1.29 is 9.53 Å². The monoisotopic (exact) mass is 552 g/mol. The highest BCUT2D eigenvalue weighted by Crippen LogP contribution is 2.29. The molecule has 3 aromatic carbocycles. The second kappa shape index (κ2) is 12.6. The predicted molar refractivity (Wildman–Crippen MR) is 152 cm³/mol. The number of benzene rings is 3. The Hall–Kier alpha value is -3.60. The maximum Gasteiger partial charge on any atom is 0.248 e. The summed E-state index contributed by atoms with van der Waals surface area (Å²) in [6.45, 7) is 4.52. The third-order valence-electron chi connectivity index (χ3n) is 5.10. The number of halogens is 1. The summed E-state index contributed by atoms with van der Waals surface area (Å²) in [4.78, 5) is 12.5. The van der Waals surface area contributed by atoms with E-state index in [1.807, 2.05) is 79.1 Å². The molecule has 11 heteroatoms. The molecular weight excluding hydrogens is 528 g/mol. The Kier molecular flexibility index (Phi) is 8.99. The second-order valence-corrected chi connectivity index (χ2v) is 9.64. The van der Waals surface area contributed by atoms with E-state index in [1.165, 1.54) is 11.8 Å². The number of carbonyl (C=O) groups is 1. The van der Waals surface area contributed by atoms with E-state index in [-0.39, 0.29) is 16.8 Å². The molecule has 1 aromatic heterocycles. The summed E-state index contributed by atoms with van der Waals surface area (Å²) >= 11 is 12.6. The van der Waals surface area contributed by atoms with Crippen LogP contribution in [0.1, 0.15) is 12.5 Å². The van der Waals surface area contributed by atoms with Gasteiger partial charge in [-0.25, -0.2) is 0 Å². The number of thiocarbonyl (C=S) groups is 1. The van der Waals surface area contributed by atoms with E-state index < -0.39 is 0 Å². The summed E-state index contributed by atoms with van der Waals surface area (Å²) in [7, 11) is 0. The Bertz CT molecular complexity index is 1360. The van der Waals surface area contributed by atoms with Gasteiger partial charge in [-0.15, -0.1) is 10.2 Å². The van der Waals surface area contributed by atoms with Crippen LogP contribution in [0.25, 0.3) is 17.1 Å². The van der Waals surface area contributed by atoms with Crippen molar-refractivity contribution in [1.29, 1.82) is 0 Å². The molecule has 0 aliphatic carbocycles. The zero-order valence-corrected chi connectivity index (χ0v) is 22.6. The third kappa shape index (κ3) is 7.22. The first-order chi connectivity index (χ1) is 17.9. The summed E-state index contributed by atoms with van der Waals surface area (Å²) in [6.07, 6.45) is 0. The van der Waals surface area contributed by atoms with Gasteiger partial charge in [0.1, 0.15) is 5.75 Å². The van der Waals surface area contributed by atoms with Crippen molar-refractivity contribution in [3.8, 4) is 22.8 Å². The van der Waals surface area contributed by atoms with E-state index in [9.17, 15) is 4.79 Å². The van der Waals surface area contributed by atoms with Gasteiger partial charge in [0.15, 0.2) is 16.1 Å². The molecule has 0 aliphatic rings. The molecule has 0 fully saturated rings. The van der Waals surface area contributed by atoms with Gasteiger partial charge in [0.2, 0.25) is 5.91 Å². The molecule has 0 radical (unpaired) electrons. The lowest BCUT2D eigenvalue weighted by atomic mass is 10.2. The van der Waals surface area contributed by atoms with Crippen molar-refractivity contribution in [2.75, 3.05) is 17.7 Å². The molecule has 1 heterocycles. The molecule has 8 nitrogen and oxygen atoms in total. The Morgan fingerprint density at radius 1 is 1.00 bits per heavy atom. The number of ether oxygens (including phenoxy) is 1. The van der Waals surface area contributed by atoms with Gasteiger partial charge in [-0.2, -0.15) is 0 Å². The van der Waals surface area contributed by atoms with Crippen LogP contribution >= 0.6 is 35.6 Å². The number of nitrogens with one attached hydrogen (secondary N) is 3. The zero-order valence-electron chi connectivity index (χ0n) is 20.2. The molecule has 4 rings (SSSR count). The largest absolute Gasteiger partial charge is 0.494 e. The first-order valence-electron chi connectivity index (χ1n) is 11.4. The van der Waals surface area contributed by atoms with Gasteiger partial charge in [-0.3, -0.25) is 20.2 Å². The molecule has 0 bridgehead atoms. The molecular formula is C26H25ClN6O2S2. The van der Waals surface area contributed by atoms with Crippen molar-refractivity contribution in [1.82, 2.24) is 25.6 Å². The molecule has 190 valence electrons. The summed E-state index contributed by atoms with van der Waals surface area (Å²) in [6, 6.07) is 22.7. The molecule has 0 aliphatic heterocycles.